The SMILES string of the molecule is CC1Cc2c(n(-c3ccc4c(c3)-c3ccccc3C4(C)C)c3ccc4ccccc4c23)-c2c1c1ccccc1n2-c1ccccc1. The van der Waals surface area contributed by atoms with Gasteiger partial charge in [-0.1, -0.05) is 118 Å². The number of rotatable bonds is 2. The molecule has 0 bridgehead atoms. The molecule has 2 heterocycles. The van der Waals surface area contributed by atoms with E-state index in [1.54, 1.807) is 0 Å². The second kappa shape index (κ2) is 9.11. The average molecular weight is 591 g/mol. The Kier molecular flexibility index (Phi) is 5.14. The number of nitrogens with zero attached hydrogens (tertiary/aromatic N) is 2. The molecule has 46 heavy (non-hydrogen) atoms. The van der Waals surface area contributed by atoms with E-state index in [2.05, 4.69) is 163 Å². The topological polar surface area (TPSA) is 9.86 Å². The van der Waals surface area contributed by atoms with Gasteiger partial charge in [0.15, 0.2) is 0 Å². The Balaban J connectivity index is 1.38. The highest BCUT2D eigenvalue weighted by atomic mass is 15.1. The first-order valence-corrected chi connectivity index (χ1v) is 16.5. The van der Waals surface area contributed by atoms with Crippen LogP contribution < -0.4 is 0 Å². The number of hydrogen-bond donors (Lipinski definition) is 0. The molecule has 220 valence electrons. The minimum Gasteiger partial charge on any atom is -0.307 e. The zero-order valence-corrected chi connectivity index (χ0v) is 26.4. The molecule has 2 nitrogen and oxygen atoms in total. The lowest BCUT2D eigenvalue weighted by atomic mass is 9.82. The van der Waals surface area contributed by atoms with Gasteiger partial charge in [-0.25, -0.2) is 0 Å². The standard InChI is InChI=1S/C44H34N2/c1-27-25-35-41-31-16-8-7-13-28(31)21-24-39(41)46(30-22-23-37-34(26-30)32-17-9-11-19-36(32)44(37,2)3)42(35)43-40(27)33-18-10-12-20-38(33)45(43)29-14-5-4-6-15-29/h4-24,26-27H,25H2,1-3H3. The van der Waals surface area contributed by atoms with Crippen LogP contribution >= 0.6 is 0 Å². The molecule has 0 N–H and O–H groups in total. The summed E-state index contributed by atoms with van der Waals surface area (Å²) in [4.78, 5) is 0. The highest BCUT2D eigenvalue weighted by Crippen LogP contribution is 2.53. The van der Waals surface area contributed by atoms with Crippen molar-refractivity contribution < 1.29 is 0 Å². The molecule has 0 radical (unpaired) electrons. The second-order valence-electron chi connectivity index (χ2n) is 13.8. The van der Waals surface area contributed by atoms with Crippen molar-refractivity contribution >= 4 is 32.6 Å². The highest BCUT2D eigenvalue weighted by molar-refractivity contribution is 6.13. The van der Waals surface area contributed by atoms with Crippen LogP contribution in [0, 0.1) is 0 Å². The first-order chi connectivity index (χ1) is 22.5. The van der Waals surface area contributed by atoms with Gasteiger partial charge < -0.3 is 9.13 Å². The summed E-state index contributed by atoms with van der Waals surface area (Å²) < 4.78 is 5.12. The van der Waals surface area contributed by atoms with Crippen molar-refractivity contribution in [2.24, 2.45) is 0 Å². The van der Waals surface area contributed by atoms with Crippen LogP contribution in [-0.4, -0.2) is 9.13 Å². The van der Waals surface area contributed by atoms with E-state index in [1.165, 1.54) is 88.7 Å². The van der Waals surface area contributed by atoms with Gasteiger partial charge >= 0.3 is 0 Å². The number of para-hydroxylation sites is 2. The van der Waals surface area contributed by atoms with Gasteiger partial charge in [0, 0.05) is 27.6 Å². The van der Waals surface area contributed by atoms with Crippen molar-refractivity contribution in [3.8, 4) is 33.9 Å². The Labute approximate surface area is 269 Å². The fourth-order valence-electron chi connectivity index (χ4n) is 8.95. The zero-order chi connectivity index (χ0) is 30.7. The zero-order valence-electron chi connectivity index (χ0n) is 26.4. The third-order valence-corrected chi connectivity index (χ3v) is 10.9. The van der Waals surface area contributed by atoms with E-state index in [-0.39, 0.29) is 5.41 Å². The lowest BCUT2D eigenvalue weighted by molar-refractivity contribution is 0.660. The van der Waals surface area contributed by atoms with Crippen LogP contribution in [0.15, 0.2) is 133 Å². The van der Waals surface area contributed by atoms with Crippen molar-refractivity contribution in [3.05, 3.63) is 156 Å². The van der Waals surface area contributed by atoms with Crippen LogP contribution in [0.1, 0.15) is 48.9 Å². The van der Waals surface area contributed by atoms with Crippen molar-refractivity contribution in [1.29, 1.82) is 0 Å². The molecule has 6 aromatic carbocycles. The number of fused-ring (bicyclic) bond motifs is 12. The minimum absolute atomic E-state index is 0.0266. The van der Waals surface area contributed by atoms with Gasteiger partial charge in [0.2, 0.25) is 0 Å². The Morgan fingerprint density at radius 2 is 1.26 bits per heavy atom. The van der Waals surface area contributed by atoms with E-state index in [9.17, 15) is 0 Å². The Hall–Kier alpha value is -5.34. The highest BCUT2D eigenvalue weighted by Gasteiger charge is 2.37. The molecular weight excluding hydrogens is 556 g/mol. The van der Waals surface area contributed by atoms with Gasteiger partial charge in [-0.05, 0) is 92.9 Å². The summed E-state index contributed by atoms with van der Waals surface area (Å²) in [6, 6.07) is 49.7. The molecule has 10 rings (SSSR count). The first kappa shape index (κ1) is 25.9. The summed E-state index contributed by atoms with van der Waals surface area (Å²) in [6.45, 7) is 7.15. The van der Waals surface area contributed by atoms with Crippen LogP contribution in [-0.2, 0) is 11.8 Å². The molecule has 0 saturated heterocycles. The van der Waals surface area contributed by atoms with Gasteiger partial charge in [-0.15, -0.1) is 0 Å². The van der Waals surface area contributed by atoms with Crippen molar-refractivity contribution in [2.45, 2.75) is 38.5 Å². The van der Waals surface area contributed by atoms with E-state index in [0.29, 0.717) is 5.92 Å². The molecule has 0 saturated carbocycles. The predicted molar refractivity (Wildman–Crippen MR) is 193 cm³/mol. The molecule has 1 unspecified atom stereocenters. The molecule has 1 atom stereocenters. The largest absolute Gasteiger partial charge is 0.307 e. The van der Waals surface area contributed by atoms with Crippen molar-refractivity contribution in [2.75, 3.05) is 0 Å². The van der Waals surface area contributed by atoms with E-state index < -0.39 is 0 Å². The molecule has 2 aliphatic rings. The molecule has 2 aliphatic carbocycles. The first-order valence-electron chi connectivity index (χ1n) is 16.5. The molecular formula is C44H34N2. The van der Waals surface area contributed by atoms with Gasteiger partial charge in [0.25, 0.3) is 0 Å². The van der Waals surface area contributed by atoms with Crippen molar-refractivity contribution in [3.63, 3.8) is 0 Å². The van der Waals surface area contributed by atoms with Crippen LogP contribution in [0.3, 0.4) is 0 Å². The van der Waals surface area contributed by atoms with E-state index in [1.807, 2.05) is 0 Å². The Bertz CT molecular complexity index is 2540. The van der Waals surface area contributed by atoms with Crippen molar-refractivity contribution in [1.82, 2.24) is 9.13 Å². The Morgan fingerprint density at radius 1 is 0.565 bits per heavy atom. The predicted octanol–water partition coefficient (Wildman–Crippen LogP) is 11.4. The molecule has 2 aromatic heterocycles. The summed E-state index contributed by atoms with van der Waals surface area (Å²) in [6.07, 6.45) is 1.00. The van der Waals surface area contributed by atoms with Crippen LogP contribution in [0.4, 0.5) is 0 Å². The fourth-order valence-corrected chi connectivity index (χ4v) is 8.95. The van der Waals surface area contributed by atoms with E-state index in [0.717, 1.165) is 6.42 Å². The summed E-state index contributed by atoms with van der Waals surface area (Å²) >= 11 is 0. The van der Waals surface area contributed by atoms with Crippen LogP contribution in [0.2, 0.25) is 0 Å². The second-order valence-corrected chi connectivity index (χ2v) is 13.8. The maximum Gasteiger partial charge on any atom is 0.0747 e. The molecule has 0 spiro atoms. The maximum atomic E-state index is 2.59. The van der Waals surface area contributed by atoms with Gasteiger partial charge in [0.1, 0.15) is 0 Å². The van der Waals surface area contributed by atoms with Crippen LogP contribution in [0.5, 0.6) is 0 Å². The normalized spacial score (nSPS) is 16.0. The molecule has 0 fully saturated rings. The van der Waals surface area contributed by atoms with Gasteiger partial charge in [0.05, 0.1) is 22.4 Å². The third kappa shape index (κ3) is 3.26. The smallest absolute Gasteiger partial charge is 0.0747 e. The van der Waals surface area contributed by atoms with Crippen LogP contribution in [0.25, 0.3) is 66.5 Å². The van der Waals surface area contributed by atoms with E-state index >= 15 is 0 Å². The summed E-state index contributed by atoms with van der Waals surface area (Å²) in [5.74, 6) is 0.378. The fraction of sp³-hybridized carbons (Fsp3) is 0.136. The van der Waals surface area contributed by atoms with E-state index in [4.69, 9.17) is 0 Å². The van der Waals surface area contributed by atoms with Gasteiger partial charge in [-0.3, -0.25) is 0 Å². The van der Waals surface area contributed by atoms with Gasteiger partial charge in [-0.2, -0.15) is 0 Å². The third-order valence-electron chi connectivity index (χ3n) is 10.9. The lowest BCUT2D eigenvalue weighted by Crippen LogP contribution is -2.15. The summed E-state index contributed by atoms with van der Waals surface area (Å²) in [5.41, 5.74) is 16.0. The maximum absolute atomic E-state index is 2.59. The molecule has 0 aliphatic heterocycles. The minimum atomic E-state index is -0.0266. The number of hydrogen-bond acceptors (Lipinski definition) is 0. The molecule has 8 aromatic rings. The molecule has 2 heteroatoms. The monoisotopic (exact) mass is 590 g/mol. The lowest BCUT2D eigenvalue weighted by Gasteiger charge is -2.25. The number of benzene rings is 6. The Morgan fingerprint density at radius 3 is 2.13 bits per heavy atom. The number of aromatic nitrogens is 2. The summed E-state index contributed by atoms with van der Waals surface area (Å²) in [7, 11) is 0. The quantitative estimate of drug-likeness (QED) is 0.190. The molecule has 0 amide bonds. The average Bonchev–Trinajstić information content (AvgIpc) is 3.69. The summed E-state index contributed by atoms with van der Waals surface area (Å²) in [5, 5.41) is 5.37.